The summed E-state index contributed by atoms with van der Waals surface area (Å²) < 4.78 is 5.05. The first-order valence-electron chi connectivity index (χ1n) is 8.07. The van der Waals surface area contributed by atoms with Crippen LogP contribution in [0.15, 0.2) is 0 Å². The van der Waals surface area contributed by atoms with Crippen LogP contribution in [0.2, 0.25) is 0 Å². The molecule has 1 unspecified atom stereocenters. The first-order chi connectivity index (χ1) is 10.1. The number of carbonyl (C=O) groups is 2. The Bertz CT molecular complexity index is 378. The highest BCUT2D eigenvalue weighted by Crippen LogP contribution is 2.32. The third-order valence-electron chi connectivity index (χ3n) is 5.06. The molecule has 21 heavy (non-hydrogen) atoms. The van der Waals surface area contributed by atoms with Crippen LogP contribution in [0.1, 0.15) is 51.4 Å². The Morgan fingerprint density at radius 3 is 2.67 bits per heavy atom. The SMILES string of the molecule is COCC1(C(=O)O)CCN(C(=O)CCCC2CCCC2)C1. The molecular formula is C16H27NO4. The second kappa shape index (κ2) is 7.25. The Kier molecular flexibility index (Phi) is 5.62. The summed E-state index contributed by atoms with van der Waals surface area (Å²) in [7, 11) is 1.51. The number of nitrogens with zero attached hydrogens (tertiary/aromatic N) is 1. The van der Waals surface area contributed by atoms with Crippen molar-refractivity contribution in [3.05, 3.63) is 0 Å². The third kappa shape index (κ3) is 3.96. The Labute approximate surface area is 126 Å². The van der Waals surface area contributed by atoms with E-state index in [-0.39, 0.29) is 12.5 Å². The van der Waals surface area contributed by atoms with Gasteiger partial charge in [0.15, 0.2) is 0 Å². The van der Waals surface area contributed by atoms with Gasteiger partial charge in [-0.3, -0.25) is 9.59 Å². The van der Waals surface area contributed by atoms with Gasteiger partial charge in [-0.05, 0) is 25.2 Å². The van der Waals surface area contributed by atoms with Gasteiger partial charge in [0, 0.05) is 26.6 Å². The van der Waals surface area contributed by atoms with Crippen LogP contribution in [-0.2, 0) is 14.3 Å². The number of carbonyl (C=O) groups excluding carboxylic acids is 1. The highest BCUT2D eigenvalue weighted by Gasteiger charge is 2.46. The minimum Gasteiger partial charge on any atom is -0.481 e. The summed E-state index contributed by atoms with van der Waals surface area (Å²) in [5.41, 5.74) is -0.907. The number of hydrogen-bond acceptors (Lipinski definition) is 3. The first kappa shape index (κ1) is 16.3. The van der Waals surface area contributed by atoms with Gasteiger partial charge >= 0.3 is 5.97 Å². The summed E-state index contributed by atoms with van der Waals surface area (Å²) >= 11 is 0. The number of amides is 1. The fourth-order valence-corrected chi connectivity index (χ4v) is 3.71. The zero-order valence-electron chi connectivity index (χ0n) is 13.0. The predicted octanol–water partition coefficient (Wildman–Crippen LogP) is 2.30. The Balaban J connectivity index is 1.76. The van der Waals surface area contributed by atoms with Gasteiger partial charge in [-0.25, -0.2) is 0 Å². The van der Waals surface area contributed by atoms with Gasteiger partial charge in [0.2, 0.25) is 5.91 Å². The molecule has 1 atom stereocenters. The molecular weight excluding hydrogens is 270 g/mol. The molecule has 2 aliphatic rings. The van der Waals surface area contributed by atoms with Crippen molar-refractivity contribution in [1.82, 2.24) is 4.90 Å². The van der Waals surface area contributed by atoms with Gasteiger partial charge in [-0.15, -0.1) is 0 Å². The van der Waals surface area contributed by atoms with Crippen LogP contribution >= 0.6 is 0 Å². The molecule has 5 nitrogen and oxygen atoms in total. The normalized spacial score (nSPS) is 26.4. The van der Waals surface area contributed by atoms with Crippen LogP contribution in [0.3, 0.4) is 0 Å². The lowest BCUT2D eigenvalue weighted by molar-refractivity contribution is -0.151. The minimum absolute atomic E-state index is 0.104. The van der Waals surface area contributed by atoms with Crippen LogP contribution in [0, 0.1) is 11.3 Å². The number of likely N-dealkylation sites (tertiary alicyclic amines) is 1. The average molecular weight is 297 g/mol. The van der Waals surface area contributed by atoms with E-state index in [4.69, 9.17) is 4.74 Å². The van der Waals surface area contributed by atoms with Crippen molar-refractivity contribution in [3.8, 4) is 0 Å². The highest BCUT2D eigenvalue weighted by atomic mass is 16.5. The van der Waals surface area contributed by atoms with E-state index < -0.39 is 11.4 Å². The van der Waals surface area contributed by atoms with Crippen molar-refractivity contribution in [2.45, 2.75) is 51.4 Å². The van der Waals surface area contributed by atoms with Gasteiger partial charge < -0.3 is 14.7 Å². The van der Waals surface area contributed by atoms with Gasteiger partial charge in [0.1, 0.15) is 5.41 Å². The first-order valence-corrected chi connectivity index (χ1v) is 8.07. The Morgan fingerprint density at radius 1 is 1.33 bits per heavy atom. The number of aliphatic carboxylic acids is 1. The number of hydrogen-bond donors (Lipinski definition) is 1. The van der Waals surface area contributed by atoms with Crippen molar-refractivity contribution >= 4 is 11.9 Å². The standard InChI is InChI=1S/C16H27NO4/c1-21-12-16(15(19)20)9-10-17(11-16)14(18)8-4-7-13-5-2-3-6-13/h13H,2-12H2,1H3,(H,19,20). The zero-order valence-corrected chi connectivity index (χ0v) is 13.0. The molecule has 0 aromatic rings. The zero-order chi connectivity index (χ0) is 15.3. The molecule has 1 aliphatic carbocycles. The molecule has 1 aliphatic heterocycles. The second-order valence-corrected chi connectivity index (χ2v) is 6.63. The van der Waals surface area contributed by atoms with Gasteiger partial charge in [-0.1, -0.05) is 25.7 Å². The van der Waals surface area contributed by atoms with E-state index in [1.165, 1.54) is 32.8 Å². The quantitative estimate of drug-likeness (QED) is 0.783. The second-order valence-electron chi connectivity index (χ2n) is 6.63. The third-order valence-corrected chi connectivity index (χ3v) is 5.06. The molecule has 0 radical (unpaired) electrons. The maximum Gasteiger partial charge on any atom is 0.313 e. The van der Waals surface area contributed by atoms with Crippen LogP contribution in [0.4, 0.5) is 0 Å². The van der Waals surface area contributed by atoms with Crippen molar-refractivity contribution in [1.29, 1.82) is 0 Å². The molecule has 2 fully saturated rings. The average Bonchev–Trinajstić information content (AvgIpc) is 3.09. The molecule has 0 bridgehead atoms. The van der Waals surface area contributed by atoms with E-state index in [1.54, 1.807) is 4.90 Å². The molecule has 120 valence electrons. The lowest BCUT2D eigenvalue weighted by Crippen LogP contribution is -2.40. The van der Waals surface area contributed by atoms with Crippen LogP contribution in [0.5, 0.6) is 0 Å². The maximum atomic E-state index is 12.2. The van der Waals surface area contributed by atoms with Crippen LogP contribution in [0.25, 0.3) is 0 Å². The van der Waals surface area contributed by atoms with Crippen LogP contribution < -0.4 is 0 Å². The number of ether oxygens (including phenoxy) is 1. The minimum atomic E-state index is -0.907. The number of rotatable bonds is 7. The summed E-state index contributed by atoms with van der Waals surface area (Å²) in [6.07, 6.45) is 8.42. The summed E-state index contributed by atoms with van der Waals surface area (Å²) in [5.74, 6) is 0.0563. The molecule has 0 aromatic heterocycles. The van der Waals surface area contributed by atoms with Gasteiger partial charge in [0.05, 0.1) is 6.61 Å². The lowest BCUT2D eigenvalue weighted by Gasteiger charge is -2.24. The Morgan fingerprint density at radius 2 is 2.05 bits per heavy atom. The topological polar surface area (TPSA) is 66.8 Å². The van der Waals surface area contributed by atoms with E-state index in [2.05, 4.69) is 0 Å². The summed E-state index contributed by atoms with van der Waals surface area (Å²) in [4.78, 5) is 25.4. The monoisotopic (exact) mass is 297 g/mol. The maximum absolute atomic E-state index is 12.2. The number of carboxylic acids is 1. The molecule has 1 saturated carbocycles. The molecule has 1 amide bonds. The van der Waals surface area contributed by atoms with Crippen LogP contribution in [-0.4, -0.2) is 48.7 Å². The number of methoxy groups -OCH3 is 1. The molecule has 1 saturated heterocycles. The molecule has 0 aromatic carbocycles. The summed E-state index contributed by atoms with van der Waals surface area (Å²) in [6.45, 7) is 1.00. The molecule has 5 heteroatoms. The number of carboxylic acid groups (broad SMARTS) is 1. The van der Waals surface area contributed by atoms with E-state index in [1.807, 2.05) is 0 Å². The van der Waals surface area contributed by atoms with Crippen molar-refractivity contribution in [2.75, 3.05) is 26.8 Å². The molecule has 1 heterocycles. The largest absolute Gasteiger partial charge is 0.481 e. The van der Waals surface area contributed by atoms with E-state index in [0.717, 1.165) is 18.8 Å². The Hall–Kier alpha value is -1.10. The smallest absolute Gasteiger partial charge is 0.313 e. The molecule has 0 spiro atoms. The summed E-state index contributed by atoms with van der Waals surface area (Å²) in [6, 6.07) is 0. The van der Waals surface area contributed by atoms with Crippen molar-refractivity contribution < 1.29 is 19.4 Å². The highest BCUT2D eigenvalue weighted by molar-refractivity contribution is 5.80. The van der Waals surface area contributed by atoms with E-state index in [9.17, 15) is 14.7 Å². The van der Waals surface area contributed by atoms with E-state index in [0.29, 0.717) is 25.9 Å². The fraction of sp³-hybridized carbons (Fsp3) is 0.875. The fourth-order valence-electron chi connectivity index (χ4n) is 3.71. The molecule has 2 rings (SSSR count). The predicted molar refractivity (Wildman–Crippen MR) is 79.0 cm³/mol. The van der Waals surface area contributed by atoms with Gasteiger partial charge in [-0.2, -0.15) is 0 Å². The van der Waals surface area contributed by atoms with Crippen molar-refractivity contribution in [2.24, 2.45) is 11.3 Å². The van der Waals surface area contributed by atoms with Gasteiger partial charge in [0.25, 0.3) is 0 Å². The lowest BCUT2D eigenvalue weighted by atomic mass is 9.88. The molecule has 1 N–H and O–H groups in total. The van der Waals surface area contributed by atoms with E-state index >= 15 is 0 Å². The van der Waals surface area contributed by atoms with Crippen molar-refractivity contribution in [3.63, 3.8) is 0 Å². The summed E-state index contributed by atoms with van der Waals surface area (Å²) in [5, 5.41) is 9.40.